The van der Waals surface area contributed by atoms with E-state index in [0.717, 1.165) is 0 Å². The number of amides is 2. The van der Waals surface area contributed by atoms with E-state index in [9.17, 15) is 18.0 Å². The molecule has 8 heteroatoms. The zero-order valence-corrected chi connectivity index (χ0v) is 10.9. The molecule has 1 aliphatic rings. The van der Waals surface area contributed by atoms with Gasteiger partial charge in [0.2, 0.25) is 5.91 Å². The highest BCUT2D eigenvalue weighted by Gasteiger charge is 2.28. The van der Waals surface area contributed by atoms with Crippen LogP contribution in [0, 0.1) is 0 Å². The van der Waals surface area contributed by atoms with Gasteiger partial charge in [-0.3, -0.25) is 9.59 Å². The van der Waals surface area contributed by atoms with Gasteiger partial charge in [0.15, 0.2) is 15.6 Å². The minimum absolute atomic E-state index is 0.0368. The molecule has 7 nitrogen and oxygen atoms in total. The number of hydrogen-bond donors (Lipinski definition) is 2. The third kappa shape index (κ3) is 3.82. The van der Waals surface area contributed by atoms with Crippen LogP contribution in [0.15, 0.2) is 22.8 Å². The van der Waals surface area contributed by atoms with Crippen molar-refractivity contribution in [2.24, 2.45) is 0 Å². The van der Waals surface area contributed by atoms with Gasteiger partial charge in [-0.15, -0.1) is 0 Å². The summed E-state index contributed by atoms with van der Waals surface area (Å²) in [5.74, 6) is -0.723. The first-order chi connectivity index (χ1) is 8.96. The van der Waals surface area contributed by atoms with Crippen LogP contribution in [0.3, 0.4) is 0 Å². The van der Waals surface area contributed by atoms with Crippen LogP contribution >= 0.6 is 0 Å². The fourth-order valence-corrected chi connectivity index (χ4v) is 3.52. The third-order valence-corrected chi connectivity index (χ3v) is 4.52. The van der Waals surface area contributed by atoms with Crippen LogP contribution in [-0.4, -0.2) is 44.3 Å². The maximum atomic E-state index is 11.5. The van der Waals surface area contributed by atoms with Gasteiger partial charge < -0.3 is 15.1 Å². The van der Waals surface area contributed by atoms with Crippen LogP contribution in [0.5, 0.6) is 0 Å². The Morgan fingerprint density at radius 2 is 2.21 bits per heavy atom. The number of carbonyl (C=O) groups excluding carboxylic acids is 2. The number of carbonyl (C=O) groups is 2. The quantitative estimate of drug-likeness (QED) is 0.762. The second kappa shape index (κ2) is 5.43. The van der Waals surface area contributed by atoms with Crippen molar-refractivity contribution in [2.75, 3.05) is 18.1 Å². The molecule has 0 spiro atoms. The van der Waals surface area contributed by atoms with Crippen molar-refractivity contribution in [2.45, 2.75) is 12.5 Å². The highest BCUT2D eigenvalue weighted by molar-refractivity contribution is 7.91. The standard InChI is InChI=1S/C11H14N2O5S/c14-10(13-8-3-5-19(16,17)7-8)6-12-11(15)9-2-1-4-18-9/h1-2,4,8H,3,5-7H2,(H,12,15)(H,13,14). The van der Waals surface area contributed by atoms with Crippen molar-refractivity contribution in [1.29, 1.82) is 0 Å². The molecule has 2 amide bonds. The molecule has 1 atom stereocenters. The Balaban J connectivity index is 1.75. The van der Waals surface area contributed by atoms with Gasteiger partial charge in [-0.1, -0.05) is 0 Å². The number of sulfone groups is 1. The minimum atomic E-state index is -3.02. The molecular formula is C11H14N2O5S. The molecule has 1 aliphatic heterocycles. The van der Waals surface area contributed by atoms with Crippen molar-refractivity contribution in [1.82, 2.24) is 10.6 Å². The molecule has 19 heavy (non-hydrogen) atoms. The predicted octanol–water partition coefficient (Wildman–Crippen LogP) is -0.687. The molecule has 104 valence electrons. The van der Waals surface area contributed by atoms with Gasteiger partial charge in [-0.05, 0) is 18.6 Å². The molecule has 0 bridgehead atoms. The van der Waals surface area contributed by atoms with Gasteiger partial charge in [0.1, 0.15) is 0 Å². The van der Waals surface area contributed by atoms with E-state index in [2.05, 4.69) is 10.6 Å². The fraction of sp³-hybridized carbons (Fsp3) is 0.455. The van der Waals surface area contributed by atoms with Crippen molar-refractivity contribution >= 4 is 21.7 Å². The largest absolute Gasteiger partial charge is 0.459 e. The van der Waals surface area contributed by atoms with Crippen LogP contribution < -0.4 is 10.6 Å². The Labute approximate surface area is 110 Å². The number of nitrogens with one attached hydrogen (secondary N) is 2. The number of furan rings is 1. The summed E-state index contributed by atoms with van der Waals surface area (Å²) in [5.41, 5.74) is 0. The van der Waals surface area contributed by atoms with E-state index in [0.29, 0.717) is 6.42 Å². The SMILES string of the molecule is O=C(CNC(=O)c1ccco1)NC1CCS(=O)(=O)C1. The molecule has 0 aromatic carbocycles. The van der Waals surface area contributed by atoms with Gasteiger partial charge >= 0.3 is 0 Å². The van der Waals surface area contributed by atoms with E-state index in [4.69, 9.17) is 4.42 Å². The van der Waals surface area contributed by atoms with E-state index >= 15 is 0 Å². The first kappa shape index (κ1) is 13.6. The van der Waals surface area contributed by atoms with E-state index in [1.54, 1.807) is 6.07 Å². The normalized spacial score (nSPS) is 20.9. The molecular weight excluding hydrogens is 272 g/mol. The second-order valence-electron chi connectivity index (χ2n) is 4.33. The highest BCUT2D eigenvalue weighted by atomic mass is 32.2. The first-order valence-electron chi connectivity index (χ1n) is 5.78. The van der Waals surface area contributed by atoms with Crippen LogP contribution in [-0.2, 0) is 14.6 Å². The molecule has 1 unspecified atom stereocenters. The monoisotopic (exact) mass is 286 g/mol. The van der Waals surface area contributed by atoms with Crippen molar-refractivity contribution in [3.05, 3.63) is 24.2 Å². The molecule has 0 radical (unpaired) electrons. The maximum absolute atomic E-state index is 11.5. The molecule has 0 aliphatic carbocycles. The summed E-state index contributed by atoms with van der Waals surface area (Å²) < 4.78 is 27.3. The van der Waals surface area contributed by atoms with E-state index in [-0.39, 0.29) is 29.9 Å². The topological polar surface area (TPSA) is 105 Å². The van der Waals surface area contributed by atoms with E-state index < -0.39 is 21.7 Å². The summed E-state index contributed by atoms with van der Waals surface area (Å²) >= 11 is 0. The predicted molar refractivity (Wildman–Crippen MR) is 66.2 cm³/mol. The van der Waals surface area contributed by atoms with E-state index in [1.165, 1.54) is 12.3 Å². The van der Waals surface area contributed by atoms with Crippen molar-refractivity contribution in [3.63, 3.8) is 0 Å². The molecule has 1 aromatic heterocycles. The third-order valence-electron chi connectivity index (χ3n) is 2.75. The summed E-state index contributed by atoms with van der Waals surface area (Å²) in [6.45, 7) is -0.212. The Morgan fingerprint density at radius 3 is 2.79 bits per heavy atom. The molecule has 1 fully saturated rings. The van der Waals surface area contributed by atoms with Gasteiger partial charge in [-0.2, -0.15) is 0 Å². The lowest BCUT2D eigenvalue weighted by atomic mass is 10.2. The smallest absolute Gasteiger partial charge is 0.287 e. The van der Waals surface area contributed by atoms with Crippen LogP contribution in [0.4, 0.5) is 0 Å². The summed E-state index contributed by atoms with van der Waals surface area (Å²) in [6, 6.07) is 2.69. The van der Waals surface area contributed by atoms with E-state index in [1.807, 2.05) is 0 Å². The lowest BCUT2D eigenvalue weighted by molar-refractivity contribution is -0.120. The minimum Gasteiger partial charge on any atom is -0.459 e. The van der Waals surface area contributed by atoms with Gasteiger partial charge in [0.05, 0.1) is 24.3 Å². The summed E-state index contributed by atoms with van der Waals surface area (Å²) in [6.07, 6.45) is 1.78. The van der Waals surface area contributed by atoms with Gasteiger partial charge in [0, 0.05) is 6.04 Å². The Hall–Kier alpha value is -1.83. The Bertz CT molecular complexity index is 564. The van der Waals surface area contributed by atoms with Crippen molar-refractivity contribution in [3.8, 4) is 0 Å². The van der Waals surface area contributed by atoms with Crippen molar-refractivity contribution < 1.29 is 22.4 Å². The van der Waals surface area contributed by atoms with Crippen LogP contribution in [0.25, 0.3) is 0 Å². The van der Waals surface area contributed by atoms with Crippen LogP contribution in [0.2, 0.25) is 0 Å². The highest BCUT2D eigenvalue weighted by Crippen LogP contribution is 2.10. The second-order valence-corrected chi connectivity index (χ2v) is 6.56. The summed E-state index contributed by atoms with van der Waals surface area (Å²) in [5, 5.41) is 4.96. The average Bonchev–Trinajstić information content (AvgIpc) is 2.96. The molecule has 2 heterocycles. The number of rotatable bonds is 4. The average molecular weight is 286 g/mol. The summed E-state index contributed by atoms with van der Waals surface area (Å²) in [7, 11) is -3.02. The van der Waals surface area contributed by atoms with Gasteiger partial charge in [-0.25, -0.2) is 8.42 Å². The lowest BCUT2D eigenvalue weighted by Crippen LogP contribution is -2.42. The fourth-order valence-electron chi connectivity index (χ4n) is 1.84. The zero-order chi connectivity index (χ0) is 13.9. The zero-order valence-electron chi connectivity index (χ0n) is 10.1. The lowest BCUT2D eigenvalue weighted by Gasteiger charge is -2.10. The molecule has 0 saturated carbocycles. The maximum Gasteiger partial charge on any atom is 0.287 e. The van der Waals surface area contributed by atoms with Gasteiger partial charge in [0.25, 0.3) is 5.91 Å². The molecule has 2 rings (SSSR count). The Morgan fingerprint density at radius 1 is 1.42 bits per heavy atom. The summed E-state index contributed by atoms with van der Waals surface area (Å²) in [4.78, 5) is 23.0. The number of hydrogen-bond acceptors (Lipinski definition) is 5. The molecule has 2 N–H and O–H groups in total. The van der Waals surface area contributed by atoms with Crippen LogP contribution in [0.1, 0.15) is 17.0 Å². The first-order valence-corrected chi connectivity index (χ1v) is 7.60. The molecule has 1 aromatic rings. The Kier molecular flexibility index (Phi) is 3.89. The molecule has 1 saturated heterocycles.